The number of rotatable bonds is 6. The molecule has 0 spiro atoms. The standard InChI is InChI=1S/C29H26ClF3N4O.H2/c30-24-8-4-5-9-25(24)37-26(18-27(35-37)29(31,32)33)21-10-12-22(13-11-21)28(38)34-23-14-16-36(17-15-23)19-20-6-2-1-3-7-20;/h1-13,18,23H,14-17,19H2,(H,34,38);1H. The SMILES string of the molecule is O=C(NC1CCN(Cc2ccccc2)CC1)c1ccc(-c2cc(C(F)(F)F)nn2-c2ccccc2Cl)cc1.[HH]. The van der Waals surface area contributed by atoms with Crippen molar-refractivity contribution in [1.29, 1.82) is 0 Å². The number of amides is 1. The highest BCUT2D eigenvalue weighted by molar-refractivity contribution is 6.32. The molecule has 1 fully saturated rings. The number of carbonyl (C=O) groups excluding carboxylic acids is 1. The first-order chi connectivity index (χ1) is 18.3. The number of carbonyl (C=O) groups is 1. The Morgan fingerprint density at radius 1 is 0.974 bits per heavy atom. The lowest BCUT2D eigenvalue weighted by Gasteiger charge is -2.32. The number of benzene rings is 3. The van der Waals surface area contributed by atoms with Crippen molar-refractivity contribution < 1.29 is 19.4 Å². The summed E-state index contributed by atoms with van der Waals surface area (Å²) in [6, 6.07) is 24.4. The number of alkyl halides is 3. The first kappa shape index (κ1) is 26.0. The molecule has 1 saturated heterocycles. The maximum atomic E-state index is 13.5. The molecule has 0 aliphatic carbocycles. The van der Waals surface area contributed by atoms with E-state index in [0.717, 1.165) is 38.5 Å². The highest BCUT2D eigenvalue weighted by Crippen LogP contribution is 2.34. The Kier molecular flexibility index (Phi) is 7.53. The predicted molar refractivity (Wildman–Crippen MR) is 143 cm³/mol. The van der Waals surface area contributed by atoms with Crippen molar-refractivity contribution in [2.75, 3.05) is 13.1 Å². The highest BCUT2D eigenvalue weighted by Gasteiger charge is 2.35. The van der Waals surface area contributed by atoms with Crippen LogP contribution in [0.15, 0.2) is 84.9 Å². The monoisotopic (exact) mass is 540 g/mol. The number of nitrogens with one attached hydrogen (secondary N) is 1. The number of hydrogen-bond donors (Lipinski definition) is 1. The normalized spacial score (nSPS) is 14.9. The van der Waals surface area contributed by atoms with E-state index in [-0.39, 0.29) is 24.1 Å². The zero-order chi connectivity index (χ0) is 26.7. The molecule has 4 aromatic rings. The van der Waals surface area contributed by atoms with Crippen LogP contribution in [-0.4, -0.2) is 39.7 Å². The summed E-state index contributed by atoms with van der Waals surface area (Å²) in [5, 5.41) is 7.15. The third-order valence-electron chi connectivity index (χ3n) is 6.70. The summed E-state index contributed by atoms with van der Waals surface area (Å²) in [7, 11) is 0. The average Bonchev–Trinajstić information content (AvgIpc) is 3.37. The van der Waals surface area contributed by atoms with Gasteiger partial charge in [-0.2, -0.15) is 18.3 Å². The summed E-state index contributed by atoms with van der Waals surface area (Å²) in [5.41, 5.74) is 1.74. The molecule has 2 heterocycles. The molecule has 1 N–H and O–H groups in total. The van der Waals surface area contributed by atoms with Gasteiger partial charge in [-0.3, -0.25) is 9.69 Å². The summed E-state index contributed by atoms with van der Waals surface area (Å²) in [6.07, 6.45) is -2.90. The van der Waals surface area contributed by atoms with Crippen LogP contribution in [0.2, 0.25) is 5.02 Å². The Morgan fingerprint density at radius 2 is 1.63 bits per heavy atom. The lowest BCUT2D eigenvalue weighted by Crippen LogP contribution is -2.44. The lowest BCUT2D eigenvalue weighted by molar-refractivity contribution is -0.141. The molecule has 0 unspecified atom stereocenters. The van der Waals surface area contributed by atoms with Crippen molar-refractivity contribution >= 4 is 17.5 Å². The number of para-hydroxylation sites is 1. The van der Waals surface area contributed by atoms with E-state index in [0.29, 0.717) is 16.8 Å². The number of piperidine rings is 1. The average molecular weight is 541 g/mol. The van der Waals surface area contributed by atoms with Gasteiger partial charge < -0.3 is 5.32 Å². The Labute approximate surface area is 225 Å². The molecule has 1 aliphatic heterocycles. The van der Waals surface area contributed by atoms with Gasteiger partial charge in [0.25, 0.3) is 5.91 Å². The van der Waals surface area contributed by atoms with Crippen molar-refractivity contribution in [2.24, 2.45) is 0 Å². The Hall–Kier alpha value is -3.62. The van der Waals surface area contributed by atoms with E-state index in [2.05, 4.69) is 27.4 Å². The van der Waals surface area contributed by atoms with Crippen LogP contribution in [0, 0.1) is 0 Å². The molecule has 1 amide bonds. The van der Waals surface area contributed by atoms with Crippen molar-refractivity contribution in [3.63, 3.8) is 0 Å². The van der Waals surface area contributed by atoms with Gasteiger partial charge in [-0.25, -0.2) is 4.68 Å². The molecule has 0 atom stereocenters. The molecule has 198 valence electrons. The van der Waals surface area contributed by atoms with Gasteiger partial charge in [0.1, 0.15) is 0 Å². The zero-order valence-corrected chi connectivity index (χ0v) is 21.2. The van der Waals surface area contributed by atoms with Gasteiger partial charge in [-0.1, -0.05) is 66.2 Å². The minimum absolute atomic E-state index is 0. The quantitative estimate of drug-likeness (QED) is 0.291. The number of hydrogen-bond acceptors (Lipinski definition) is 3. The minimum atomic E-state index is -4.61. The van der Waals surface area contributed by atoms with Crippen LogP contribution in [0.5, 0.6) is 0 Å². The summed E-state index contributed by atoms with van der Waals surface area (Å²) in [6.45, 7) is 2.68. The van der Waals surface area contributed by atoms with Gasteiger partial charge in [-0.15, -0.1) is 0 Å². The molecular weight excluding hydrogens is 513 g/mol. The Balaban J connectivity index is 0.00000353. The molecule has 0 radical (unpaired) electrons. The summed E-state index contributed by atoms with van der Waals surface area (Å²) >= 11 is 6.25. The maximum absolute atomic E-state index is 13.5. The largest absolute Gasteiger partial charge is 0.435 e. The van der Waals surface area contributed by atoms with Crippen LogP contribution >= 0.6 is 11.6 Å². The number of nitrogens with zero attached hydrogens (tertiary/aromatic N) is 3. The molecule has 1 aliphatic rings. The van der Waals surface area contributed by atoms with Gasteiger partial charge in [0.2, 0.25) is 0 Å². The highest BCUT2D eigenvalue weighted by atomic mass is 35.5. The third-order valence-corrected chi connectivity index (χ3v) is 7.01. The molecule has 3 aromatic carbocycles. The molecule has 9 heteroatoms. The van der Waals surface area contributed by atoms with Crippen LogP contribution in [0.3, 0.4) is 0 Å². The lowest BCUT2D eigenvalue weighted by atomic mass is 10.0. The van der Waals surface area contributed by atoms with Crippen LogP contribution < -0.4 is 5.32 Å². The number of aromatic nitrogens is 2. The van der Waals surface area contributed by atoms with Gasteiger partial charge >= 0.3 is 6.18 Å². The van der Waals surface area contributed by atoms with E-state index < -0.39 is 11.9 Å². The smallest absolute Gasteiger partial charge is 0.349 e. The van der Waals surface area contributed by atoms with Gasteiger partial charge in [0.15, 0.2) is 5.69 Å². The topological polar surface area (TPSA) is 50.2 Å². The Bertz CT molecular complexity index is 1400. The van der Waals surface area contributed by atoms with Gasteiger partial charge in [0.05, 0.1) is 16.4 Å². The van der Waals surface area contributed by atoms with Gasteiger partial charge in [0, 0.05) is 38.2 Å². The maximum Gasteiger partial charge on any atom is 0.435 e. The first-order valence-electron chi connectivity index (χ1n) is 12.4. The number of likely N-dealkylation sites (tertiary alicyclic amines) is 1. The molecule has 5 rings (SSSR count). The van der Waals surface area contributed by atoms with Crippen LogP contribution in [0.4, 0.5) is 13.2 Å². The third kappa shape index (κ3) is 5.92. The van der Waals surface area contributed by atoms with Crippen LogP contribution in [-0.2, 0) is 12.7 Å². The molecule has 5 nitrogen and oxygen atoms in total. The van der Waals surface area contributed by atoms with E-state index in [9.17, 15) is 18.0 Å². The van der Waals surface area contributed by atoms with E-state index >= 15 is 0 Å². The predicted octanol–water partition coefficient (Wildman–Crippen LogP) is 6.85. The van der Waals surface area contributed by atoms with Crippen molar-refractivity contribution in [2.45, 2.75) is 31.6 Å². The van der Waals surface area contributed by atoms with Gasteiger partial charge in [-0.05, 0) is 48.7 Å². The van der Waals surface area contributed by atoms with Crippen LogP contribution in [0.1, 0.15) is 35.9 Å². The van der Waals surface area contributed by atoms with E-state index in [1.54, 1.807) is 48.5 Å². The number of halogens is 4. The second-order valence-electron chi connectivity index (χ2n) is 9.36. The molecule has 0 saturated carbocycles. The fourth-order valence-corrected chi connectivity index (χ4v) is 4.89. The van der Waals surface area contributed by atoms with Crippen LogP contribution in [0.25, 0.3) is 16.9 Å². The van der Waals surface area contributed by atoms with E-state index in [4.69, 9.17) is 11.6 Å². The zero-order valence-electron chi connectivity index (χ0n) is 20.5. The van der Waals surface area contributed by atoms with Crippen molar-refractivity contribution in [3.05, 3.63) is 107 Å². The molecule has 1 aromatic heterocycles. The van der Waals surface area contributed by atoms with E-state index in [1.807, 2.05) is 18.2 Å². The van der Waals surface area contributed by atoms with Crippen molar-refractivity contribution in [1.82, 2.24) is 20.0 Å². The fraction of sp³-hybridized carbons (Fsp3) is 0.241. The summed E-state index contributed by atoms with van der Waals surface area (Å²) in [5.74, 6) is -0.200. The Morgan fingerprint density at radius 3 is 2.29 bits per heavy atom. The molecule has 38 heavy (non-hydrogen) atoms. The second kappa shape index (κ2) is 11.0. The summed E-state index contributed by atoms with van der Waals surface area (Å²) in [4.78, 5) is 15.3. The fourth-order valence-electron chi connectivity index (χ4n) is 4.67. The van der Waals surface area contributed by atoms with E-state index in [1.165, 1.54) is 10.2 Å². The molecular formula is C29H28ClF3N4O. The molecule has 0 bridgehead atoms. The summed E-state index contributed by atoms with van der Waals surface area (Å²) < 4.78 is 41.6. The first-order valence-corrected chi connectivity index (χ1v) is 12.8. The minimum Gasteiger partial charge on any atom is -0.349 e. The second-order valence-corrected chi connectivity index (χ2v) is 9.77. The van der Waals surface area contributed by atoms with Crippen molar-refractivity contribution in [3.8, 4) is 16.9 Å².